The van der Waals surface area contributed by atoms with Gasteiger partial charge in [0.1, 0.15) is 0 Å². The number of hydrogen-bond acceptors (Lipinski definition) is 3. The van der Waals surface area contributed by atoms with Crippen LogP contribution in [0.3, 0.4) is 0 Å². The number of carbonyl (C=O) groups is 1. The van der Waals surface area contributed by atoms with Gasteiger partial charge in [-0.3, -0.25) is 9.79 Å². The van der Waals surface area contributed by atoms with E-state index in [2.05, 4.69) is 28.9 Å². The maximum Gasteiger partial charge on any atom is 0.225 e. The van der Waals surface area contributed by atoms with Crippen molar-refractivity contribution in [2.75, 3.05) is 31.6 Å². The summed E-state index contributed by atoms with van der Waals surface area (Å²) in [5.74, 6) is 0.996. The van der Waals surface area contributed by atoms with Crippen LogP contribution in [0.15, 0.2) is 29.3 Å². The number of benzene rings is 1. The number of amides is 1. The first-order valence-electron chi connectivity index (χ1n) is 10.8. The maximum absolute atomic E-state index is 12.0. The molecule has 1 fully saturated rings. The van der Waals surface area contributed by atoms with E-state index in [1.807, 2.05) is 18.2 Å². The normalized spacial score (nSPS) is 19.7. The van der Waals surface area contributed by atoms with E-state index in [4.69, 9.17) is 9.73 Å². The van der Waals surface area contributed by atoms with Crippen LogP contribution in [0, 0.1) is 0 Å². The molecule has 6 nitrogen and oxygen atoms in total. The topological polar surface area (TPSA) is 74.8 Å². The zero-order valence-corrected chi connectivity index (χ0v) is 19.7. The SMILES string of the molecule is CCNC(=NCC1CC(=O)Nc2ccccc21)NCCCOC1CCCCC1.I. The zero-order chi connectivity index (χ0) is 19.6. The molecule has 2 aliphatic rings. The Kier molecular flexibility index (Phi) is 10.8. The lowest BCUT2D eigenvalue weighted by atomic mass is 9.91. The van der Waals surface area contributed by atoms with Crippen LogP contribution in [0.5, 0.6) is 0 Å². The van der Waals surface area contributed by atoms with Crippen molar-refractivity contribution in [2.24, 2.45) is 4.99 Å². The molecule has 0 spiro atoms. The average Bonchev–Trinajstić information content (AvgIpc) is 2.72. The molecule has 0 saturated heterocycles. The third-order valence-electron chi connectivity index (χ3n) is 5.44. The first-order chi connectivity index (χ1) is 13.8. The highest BCUT2D eigenvalue weighted by molar-refractivity contribution is 14.0. The van der Waals surface area contributed by atoms with Crippen LogP contribution in [0.25, 0.3) is 0 Å². The monoisotopic (exact) mass is 514 g/mol. The van der Waals surface area contributed by atoms with Crippen LogP contribution in [-0.2, 0) is 9.53 Å². The smallest absolute Gasteiger partial charge is 0.225 e. The van der Waals surface area contributed by atoms with Gasteiger partial charge in [0.15, 0.2) is 5.96 Å². The van der Waals surface area contributed by atoms with Crippen molar-refractivity contribution in [1.29, 1.82) is 0 Å². The van der Waals surface area contributed by atoms with Crippen molar-refractivity contribution in [3.63, 3.8) is 0 Å². The van der Waals surface area contributed by atoms with Gasteiger partial charge in [-0.1, -0.05) is 37.5 Å². The number of anilines is 1. The third kappa shape index (κ3) is 7.77. The van der Waals surface area contributed by atoms with Gasteiger partial charge in [0.25, 0.3) is 0 Å². The molecule has 1 unspecified atom stereocenters. The fourth-order valence-electron chi connectivity index (χ4n) is 3.97. The molecule has 0 bridgehead atoms. The number of guanidine groups is 1. The molecule has 162 valence electrons. The molecule has 1 amide bonds. The second-order valence-corrected chi connectivity index (χ2v) is 7.67. The second kappa shape index (κ2) is 13.1. The van der Waals surface area contributed by atoms with Gasteiger partial charge in [0, 0.05) is 37.7 Å². The van der Waals surface area contributed by atoms with Crippen LogP contribution in [0.2, 0.25) is 0 Å². The standard InChI is InChI=1S/C22H34N4O2.HI/c1-2-23-22(24-13-8-14-28-18-9-4-3-5-10-18)25-16-17-15-21(27)26-20-12-7-6-11-19(17)20;/h6-7,11-12,17-18H,2-5,8-10,13-16H2,1H3,(H,26,27)(H2,23,24,25);1H. The Labute approximate surface area is 191 Å². The summed E-state index contributed by atoms with van der Waals surface area (Å²) in [7, 11) is 0. The third-order valence-corrected chi connectivity index (χ3v) is 5.44. The molecule has 29 heavy (non-hydrogen) atoms. The van der Waals surface area contributed by atoms with Crippen LogP contribution in [0.1, 0.15) is 63.4 Å². The highest BCUT2D eigenvalue weighted by Crippen LogP contribution is 2.31. The number of halogens is 1. The molecular weight excluding hydrogens is 479 g/mol. The van der Waals surface area contributed by atoms with E-state index in [9.17, 15) is 4.79 Å². The van der Waals surface area contributed by atoms with Gasteiger partial charge in [-0.2, -0.15) is 0 Å². The Balaban J connectivity index is 0.00000300. The summed E-state index contributed by atoms with van der Waals surface area (Å²) in [6.07, 6.45) is 8.32. The van der Waals surface area contributed by atoms with Crippen LogP contribution < -0.4 is 16.0 Å². The number of aliphatic imine (C=N–C) groups is 1. The molecule has 1 aliphatic heterocycles. The molecule has 0 aromatic heterocycles. The molecule has 1 aromatic carbocycles. The van der Waals surface area contributed by atoms with Crippen molar-refractivity contribution >= 4 is 41.5 Å². The number of nitrogens with zero attached hydrogens (tertiary/aromatic N) is 1. The van der Waals surface area contributed by atoms with E-state index < -0.39 is 0 Å². The van der Waals surface area contributed by atoms with Crippen molar-refractivity contribution in [3.05, 3.63) is 29.8 Å². The Morgan fingerprint density at radius 1 is 1.21 bits per heavy atom. The maximum atomic E-state index is 12.0. The summed E-state index contributed by atoms with van der Waals surface area (Å²) >= 11 is 0. The quantitative estimate of drug-likeness (QED) is 0.212. The van der Waals surface area contributed by atoms with E-state index >= 15 is 0 Å². The largest absolute Gasteiger partial charge is 0.378 e. The second-order valence-electron chi connectivity index (χ2n) is 7.67. The molecule has 0 radical (unpaired) electrons. The Morgan fingerprint density at radius 2 is 2.00 bits per heavy atom. The summed E-state index contributed by atoms with van der Waals surface area (Å²) in [6.45, 7) is 5.10. The zero-order valence-electron chi connectivity index (χ0n) is 17.4. The lowest BCUT2D eigenvalue weighted by Crippen LogP contribution is -2.38. The first-order valence-corrected chi connectivity index (χ1v) is 10.8. The van der Waals surface area contributed by atoms with Crippen LogP contribution >= 0.6 is 24.0 Å². The fourth-order valence-corrected chi connectivity index (χ4v) is 3.97. The van der Waals surface area contributed by atoms with Gasteiger partial charge < -0.3 is 20.7 Å². The van der Waals surface area contributed by atoms with Gasteiger partial charge in [-0.25, -0.2) is 0 Å². The van der Waals surface area contributed by atoms with Gasteiger partial charge in [-0.05, 0) is 37.8 Å². The van der Waals surface area contributed by atoms with Gasteiger partial charge >= 0.3 is 0 Å². The molecule has 1 atom stereocenters. The summed E-state index contributed by atoms with van der Waals surface area (Å²) in [5.41, 5.74) is 2.08. The van der Waals surface area contributed by atoms with Crippen molar-refractivity contribution in [2.45, 2.75) is 63.9 Å². The average molecular weight is 514 g/mol. The van der Waals surface area contributed by atoms with E-state index in [0.29, 0.717) is 19.1 Å². The van der Waals surface area contributed by atoms with Crippen molar-refractivity contribution in [1.82, 2.24) is 10.6 Å². The molecule has 7 heteroatoms. The van der Waals surface area contributed by atoms with E-state index in [1.54, 1.807) is 0 Å². The number of nitrogens with one attached hydrogen (secondary N) is 3. The van der Waals surface area contributed by atoms with E-state index in [-0.39, 0.29) is 35.8 Å². The predicted octanol–water partition coefficient (Wildman–Crippen LogP) is 4.02. The Morgan fingerprint density at radius 3 is 2.79 bits per heavy atom. The van der Waals surface area contributed by atoms with Gasteiger partial charge in [0.05, 0.1) is 12.6 Å². The minimum absolute atomic E-state index is 0. The van der Waals surface area contributed by atoms with Gasteiger partial charge in [-0.15, -0.1) is 24.0 Å². The number of ether oxygens (including phenoxy) is 1. The summed E-state index contributed by atoms with van der Waals surface area (Å²) in [6, 6.07) is 8.01. The number of para-hydroxylation sites is 1. The number of hydrogen-bond donors (Lipinski definition) is 3. The predicted molar refractivity (Wildman–Crippen MR) is 129 cm³/mol. The number of rotatable bonds is 8. The number of fused-ring (bicyclic) bond motifs is 1. The Bertz CT molecular complexity index is 662. The van der Waals surface area contributed by atoms with Crippen LogP contribution in [0.4, 0.5) is 5.69 Å². The lowest BCUT2D eigenvalue weighted by molar-refractivity contribution is -0.116. The van der Waals surface area contributed by atoms with E-state index in [1.165, 1.54) is 37.7 Å². The highest BCUT2D eigenvalue weighted by atomic mass is 127. The lowest BCUT2D eigenvalue weighted by Gasteiger charge is -2.24. The summed E-state index contributed by atoms with van der Waals surface area (Å²) in [5, 5.41) is 9.63. The van der Waals surface area contributed by atoms with Crippen molar-refractivity contribution in [3.8, 4) is 0 Å². The minimum atomic E-state index is 0. The van der Waals surface area contributed by atoms with Crippen molar-refractivity contribution < 1.29 is 9.53 Å². The fraction of sp³-hybridized carbons (Fsp3) is 0.636. The highest BCUT2D eigenvalue weighted by Gasteiger charge is 2.24. The van der Waals surface area contributed by atoms with Crippen LogP contribution in [-0.4, -0.2) is 44.2 Å². The summed E-state index contributed by atoms with van der Waals surface area (Å²) in [4.78, 5) is 16.7. The Hall–Kier alpha value is -1.35. The molecule has 1 aliphatic carbocycles. The van der Waals surface area contributed by atoms with E-state index in [0.717, 1.165) is 37.8 Å². The minimum Gasteiger partial charge on any atom is -0.378 e. The molecule has 1 saturated carbocycles. The molecule has 3 rings (SSSR count). The first kappa shape index (κ1) is 23.9. The summed E-state index contributed by atoms with van der Waals surface area (Å²) < 4.78 is 5.99. The number of carbonyl (C=O) groups excluding carboxylic acids is 1. The molecule has 3 N–H and O–H groups in total. The molecule has 1 heterocycles. The molecular formula is C22H35IN4O2. The molecule has 1 aromatic rings. The van der Waals surface area contributed by atoms with Gasteiger partial charge in [0.2, 0.25) is 5.91 Å².